The predicted molar refractivity (Wildman–Crippen MR) is 106 cm³/mol. The standard InChI is InChI=1S/C21H21N3O4/c1-24(13-14-6-5-7-15(10-14)28-2)19(25)12-23-21(27)17-11-22-18-9-4-3-8-16(18)20(17)26/h3-11H,12-13H2,1-2H3,(H,22,26)(H,23,27). The molecule has 7 heteroatoms. The summed E-state index contributed by atoms with van der Waals surface area (Å²) in [5.41, 5.74) is 1.16. The number of methoxy groups -OCH3 is 1. The van der Waals surface area contributed by atoms with Crippen LogP contribution in [-0.2, 0) is 11.3 Å². The van der Waals surface area contributed by atoms with Crippen LogP contribution in [-0.4, -0.2) is 42.4 Å². The van der Waals surface area contributed by atoms with Gasteiger partial charge < -0.3 is 19.9 Å². The quantitative estimate of drug-likeness (QED) is 0.685. The number of aromatic amines is 1. The summed E-state index contributed by atoms with van der Waals surface area (Å²) in [5.74, 6) is -0.147. The maximum atomic E-state index is 12.5. The fourth-order valence-electron chi connectivity index (χ4n) is 2.86. The van der Waals surface area contributed by atoms with E-state index in [1.54, 1.807) is 38.4 Å². The number of nitrogens with one attached hydrogen (secondary N) is 2. The average molecular weight is 379 g/mol. The molecule has 0 aliphatic heterocycles. The number of H-pyrrole nitrogens is 1. The van der Waals surface area contributed by atoms with Crippen LogP contribution in [0.15, 0.2) is 59.5 Å². The van der Waals surface area contributed by atoms with E-state index in [2.05, 4.69) is 10.3 Å². The van der Waals surface area contributed by atoms with E-state index in [4.69, 9.17) is 4.74 Å². The highest BCUT2D eigenvalue weighted by atomic mass is 16.5. The van der Waals surface area contributed by atoms with Crippen LogP contribution in [0, 0.1) is 0 Å². The van der Waals surface area contributed by atoms with Crippen LogP contribution < -0.4 is 15.5 Å². The molecule has 1 aromatic heterocycles. The molecule has 0 saturated heterocycles. The number of carbonyl (C=O) groups excluding carboxylic acids is 2. The van der Waals surface area contributed by atoms with Crippen LogP contribution >= 0.6 is 0 Å². The number of aromatic nitrogens is 1. The lowest BCUT2D eigenvalue weighted by atomic mass is 10.1. The maximum absolute atomic E-state index is 12.5. The number of benzene rings is 2. The molecule has 0 unspecified atom stereocenters. The summed E-state index contributed by atoms with van der Waals surface area (Å²) in [6.07, 6.45) is 1.37. The van der Waals surface area contributed by atoms with Crippen molar-refractivity contribution in [1.82, 2.24) is 15.2 Å². The summed E-state index contributed by atoms with van der Waals surface area (Å²) in [7, 11) is 3.23. The van der Waals surface area contributed by atoms with Gasteiger partial charge in [-0.2, -0.15) is 0 Å². The van der Waals surface area contributed by atoms with Crippen molar-refractivity contribution in [2.75, 3.05) is 20.7 Å². The van der Waals surface area contributed by atoms with E-state index in [1.807, 2.05) is 24.3 Å². The van der Waals surface area contributed by atoms with Crippen molar-refractivity contribution in [3.63, 3.8) is 0 Å². The molecular formula is C21H21N3O4. The smallest absolute Gasteiger partial charge is 0.257 e. The molecule has 7 nitrogen and oxygen atoms in total. The molecule has 0 aliphatic rings. The molecule has 1 heterocycles. The van der Waals surface area contributed by atoms with E-state index in [0.717, 1.165) is 5.56 Å². The normalized spacial score (nSPS) is 10.5. The Hall–Kier alpha value is -3.61. The highest BCUT2D eigenvalue weighted by Crippen LogP contribution is 2.14. The molecule has 0 spiro atoms. The largest absolute Gasteiger partial charge is 0.497 e. The molecule has 0 fully saturated rings. The second-order valence-corrected chi connectivity index (χ2v) is 6.36. The molecular weight excluding hydrogens is 358 g/mol. The van der Waals surface area contributed by atoms with Gasteiger partial charge >= 0.3 is 0 Å². The molecule has 144 valence electrons. The second-order valence-electron chi connectivity index (χ2n) is 6.36. The lowest BCUT2D eigenvalue weighted by Gasteiger charge is -2.18. The van der Waals surface area contributed by atoms with Crippen molar-refractivity contribution in [3.05, 3.63) is 76.1 Å². The van der Waals surface area contributed by atoms with Crippen LogP contribution in [0.5, 0.6) is 5.75 Å². The third-order valence-corrected chi connectivity index (χ3v) is 4.41. The Morgan fingerprint density at radius 1 is 1.14 bits per heavy atom. The van der Waals surface area contributed by atoms with Crippen molar-refractivity contribution in [2.45, 2.75) is 6.54 Å². The minimum Gasteiger partial charge on any atom is -0.497 e. The molecule has 2 N–H and O–H groups in total. The van der Waals surface area contributed by atoms with E-state index in [0.29, 0.717) is 23.2 Å². The third kappa shape index (κ3) is 4.20. The number of hydrogen-bond acceptors (Lipinski definition) is 4. The van der Waals surface area contributed by atoms with Crippen molar-refractivity contribution in [1.29, 1.82) is 0 Å². The van der Waals surface area contributed by atoms with Crippen LogP contribution in [0.3, 0.4) is 0 Å². The molecule has 0 atom stereocenters. The maximum Gasteiger partial charge on any atom is 0.257 e. The zero-order valence-electron chi connectivity index (χ0n) is 15.7. The Morgan fingerprint density at radius 3 is 2.71 bits per heavy atom. The first-order valence-electron chi connectivity index (χ1n) is 8.75. The van der Waals surface area contributed by atoms with Gasteiger partial charge in [-0.3, -0.25) is 14.4 Å². The summed E-state index contributed by atoms with van der Waals surface area (Å²) in [4.78, 5) is 41.6. The number of nitrogens with zero attached hydrogens (tertiary/aromatic N) is 1. The minimum atomic E-state index is -0.588. The van der Waals surface area contributed by atoms with Crippen LogP contribution in [0.4, 0.5) is 0 Å². The van der Waals surface area contributed by atoms with Gasteiger partial charge in [0.1, 0.15) is 11.3 Å². The SMILES string of the molecule is COc1cccc(CN(C)C(=O)CNC(=O)c2c[nH]c3ccccc3c2=O)c1. The highest BCUT2D eigenvalue weighted by molar-refractivity contribution is 5.98. The van der Waals surface area contributed by atoms with Gasteiger partial charge in [0.2, 0.25) is 11.3 Å². The number of amides is 2. The molecule has 3 aromatic rings. The number of hydrogen-bond donors (Lipinski definition) is 2. The van der Waals surface area contributed by atoms with Gasteiger partial charge in [0.15, 0.2) is 0 Å². The van der Waals surface area contributed by atoms with Crippen LogP contribution in [0.1, 0.15) is 15.9 Å². The number of rotatable bonds is 6. The Balaban J connectivity index is 1.63. The Morgan fingerprint density at radius 2 is 1.93 bits per heavy atom. The average Bonchev–Trinajstić information content (AvgIpc) is 2.72. The van der Waals surface area contributed by atoms with Crippen molar-refractivity contribution in [3.8, 4) is 5.75 Å². The van der Waals surface area contributed by atoms with Crippen molar-refractivity contribution >= 4 is 22.7 Å². The monoisotopic (exact) mass is 379 g/mol. The molecule has 2 amide bonds. The van der Waals surface area contributed by atoms with E-state index < -0.39 is 5.91 Å². The number of ether oxygens (including phenoxy) is 1. The van der Waals surface area contributed by atoms with Gasteiger partial charge in [-0.1, -0.05) is 24.3 Å². The number of para-hydroxylation sites is 1. The Bertz CT molecular complexity index is 1070. The highest BCUT2D eigenvalue weighted by Gasteiger charge is 2.15. The van der Waals surface area contributed by atoms with Crippen molar-refractivity contribution < 1.29 is 14.3 Å². The molecule has 0 radical (unpaired) electrons. The van der Waals surface area contributed by atoms with Gasteiger partial charge in [-0.25, -0.2) is 0 Å². The molecule has 2 aromatic carbocycles. The predicted octanol–water partition coefficient (Wildman–Crippen LogP) is 1.93. The zero-order valence-corrected chi connectivity index (χ0v) is 15.7. The van der Waals surface area contributed by atoms with Gasteiger partial charge in [0.25, 0.3) is 5.91 Å². The van der Waals surface area contributed by atoms with E-state index in [9.17, 15) is 14.4 Å². The molecule has 0 bridgehead atoms. The lowest BCUT2D eigenvalue weighted by Crippen LogP contribution is -2.39. The summed E-state index contributed by atoms with van der Waals surface area (Å²) < 4.78 is 5.17. The number of fused-ring (bicyclic) bond motifs is 1. The number of pyridine rings is 1. The van der Waals surface area contributed by atoms with Gasteiger partial charge in [-0.05, 0) is 29.8 Å². The topological polar surface area (TPSA) is 91.5 Å². The fourth-order valence-corrected chi connectivity index (χ4v) is 2.86. The Kier molecular flexibility index (Phi) is 5.74. The molecule has 0 aliphatic carbocycles. The molecule has 0 saturated carbocycles. The zero-order chi connectivity index (χ0) is 20.1. The first kappa shape index (κ1) is 19.2. The van der Waals surface area contributed by atoms with Gasteiger partial charge in [0, 0.05) is 30.7 Å². The minimum absolute atomic E-state index is 0.0260. The van der Waals surface area contributed by atoms with Crippen molar-refractivity contribution in [2.24, 2.45) is 0 Å². The summed E-state index contributed by atoms with van der Waals surface area (Å²) in [6, 6.07) is 14.3. The van der Waals surface area contributed by atoms with Gasteiger partial charge in [-0.15, -0.1) is 0 Å². The molecule has 3 rings (SSSR count). The number of likely N-dealkylation sites (N-methyl/N-ethyl adjacent to an activating group) is 1. The van der Waals surface area contributed by atoms with E-state index in [-0.39, 0.29) is 23.4 Å². The number of carbonyl (C=O) groups is 2. The summed E-state index contributed by atoms with van der Waals surface area (Å²) in [6.45, 7) is 0.175. The van der Waals surface area contributed by atoms with Crippen LogP contribution in [0.2, 0.25) is 0 Å². The summed E-state index contributed by atoms with van der Waals surface area (Å²) >= 11 is 0. The summed E-state index contributed by atoms with van der Waals surface area (Å²) in [5, 5.41) is 2.95. The first-order valence-corrected chi connectivity index (χ1v) is 8.75. The fraction of sp³-hybridized carbons (Fsp3) is 0.190. The van der Waals surface area contributed by atoms with E-state index >= 15 is 0 Å². The Labute approximate surface area is 161 Å². The van der Waals surface area contributed by atoms with E-state index in [1.165, 1.54) is 11.1 Å². The van der Waals surface area contributed by atoms with Crippen LogP contribution in [0.25, 0.3) is 10.9 Å². The molecule has 28 heavy (non-hydrogen) atoms. The second kappa shape index (κ2) is 8.39. The third-order valence-electron chi connectivity index (χ3n) is 4.41. The lowest BCUT2D eigenvalue weighted by molar-refractivity contribution is -0.129. The van der Waals surface area contributed by atoms with Gasteiger partial charge in [0.05, 0.1) is 13.7 Å². The first-order chi connectivity index (χ1) is 13.5.